The van der Waals surface area contributed by atoms with Gasteiger partial charge < -0.3 is 9.47 Å². The summed E-state index contributed by atoms with van der Waals surface area (Å²) < 4.78 is 10.8. The van der Waals surface area contributed by atoms with Gasteiger partial charge in [0.15, 0.2) is 0 Å². The first-order valence-electron chi connectivity index (χ1n) is 6.55. The van der Waals surface area contributed by atoms with E-state index in [0.717, 1.165) is 38.9 Å². The largest absolute Gasteiger partial charge is 0.377 e. The van der Waals surface area contributed by atoms with E-state index in [2.05, 4.69) is 4.90 Å². The molecule has 1 aliphatic heterocycles. The van der Waals surface area contributed by atoms with Gasteiger partial charge in [0.1, 0.15) is 5.78 Å². The minimum Gasteiger partial charge on any atom is -0.377 e. The van der Waals surface area contributed by atoms with Crippen molar-refractivity contribution in [1.82, 2.24) is 4.90 Å². The Morgan fingerprint density at radius 1 is 1.18 bits per heavy atom. The molecule has 0 bridgehead atoms. The number of ketones is 1. The number of nitrogens with zero attached hydrogens (tertiary/aromatic N) is 1. The van der Waals surface area contributed by atoms with Gasteiger partial charge in [-0.2, -0.15) is 0 Å². The molecule has 0 spiro atoms. The molecule has 3 atom stereocenters. The van der Waals surface area contributed by atoms with Crippen molar-refractivity contribution in [2.75, 3.05) is 33.9 Å². The summed E-state index contributed by atoms with van der Waals surface area (Å²) in [5, 5.41) is 0. The number of rotatable bonds is 4. The topological polar surface area (TPSA) is 38.8 Å². The maximum Gasteiger partial charge on any atom is 0.137 e. The van der Waals surface area contributed by atoms with Crippen LogP contribution in [0.4, 0.5) is 0 Å². The van der Waals surface area contributed by atoms with Gasteiger partial charge in [-0.05, 0) is 12.8 Å². The molecule has 0 radical (unpaired) electrons. The second-order valence-electron chi connectivity index (χ2n) is 5.18. The van der Waals surface area contributed by atoms with Crippen LogP contribution in [0, 0.1) is 5.92 Å². The first-order valence-corrected chi connectivity index (χ1v) is 6.55. The quantitative estimate of drug-likeness (QED) is 0.738. The van der Waals surface area contributed by atoms with Gasteiger partial charge in [-0.3, -0.25) is 9.69 Å². The zero-order valence-electron chi connectivity index (χ0n) is 10.9. The highest BCUT2D eigenvalue weighted by Crippen LogP contribution is 2.24. The second kappa shape index (κ2) is 5.94. The minimum atomic E-state index is 0.152. The molecule has 0 aromatic carbocycles. The lowest BCUT2D eigenvalue weighted by Gasteiger charge is -2.25. The number of hydrogen-bond acceptors (Lipinski definition) is 4. The lowest BCUT2D eigenvalue weighted by molar-refractivity contribution is -0.125. The van der Waals surface area contributed by atoms with Gasteiger partial charge in [-0.25, -0.2) is 0 Å². The number of ether oxygens (including phenoxy) is 2. The van der Waals surface area contributed by atoms with Crippen LogP contribution in [-0.4, -0.2) is 56.7 Å². The fourth-order valence-corrected chi connectivity index (χ4v) is 2.98. The standard InChI is InChI=1S/C13H23NO3/c1-16-12-8-14(9-13(12)17-2)7-10-5-3-4-6-11(10)15/h10,12-13H,3-9H2,1-2H3. The molecule has 1 aliphatic carbocycles. The highest BCUT2D eigenvalue weighted by Gasteiger charge is 2.35. The van der Waals surface area contributed by atoms with Crippen LogP contribution in [0.25, 0.3) is 0 Å². The summed E-state index contributed by atoms with van der Waals surface area (Å²) in [5.41, 5.74) is 0. The summed E-state index contributed by atoms with van der Waals surface area (Å²) in [5.74, 6) is 0.697. The molecular weight excluding hydrogens is 218 g/mol. The van der Waals surface area contributed by atoms with Gasteiger partial charge in [-0.1, -0.05) is 6.42 Å². The van der Waals surface area contributed by atoms with Gasteiger partial charge in [0.05, 0.1) is 12.2 Å². The van der Waals surface area contributed by atoms with Crippen molar-refractivity contribution in [1.29, 1.82) is 0 Å². The molecule has 98 valence electrons. The van der Waals surface area contributed by atoms with E-state index in [9.17, 15) is 4.79 Å². The summed E-state index contributed by atoms with van der Waals surface area (Å²) >= 11 is 0. The number of likely N-dealkylation sites (tertiary alicyclic amines) is 1. The molecule has 2 rings (SSSR count). The number of hydrogen-bond donors (Lipinski definition) is 0. The number of Topliss-reactive ketones (excluding diaryl/α,β-unsaturated/α-hetero) is 1. The molecule has 0 N–H and O–H groups in total. The SMILES string of the molecule is COC1CN(CC2CCCCC2=O)CC1OC. The van der Waals surface area contributed by atoms with Gasteiger partial charge in [-0.15, -0.1) is 0 Å². The van der Waals surface area contributed by atoms with Gasteiger partial charge in [0.25, 0.3) is 0 Å². The summed E-state index contributed by atoms with van der Waals surface area (Å²) in [6.07, 6.45) is 4.42. The average Bonchev–Trinajstić information content (AvgIpc) is 2.74. The van der Waals surface area contributed by atoms with E-state index in [4.69, 9.17) is 9.47 Å². The Hall–Kier alpha value is -0.450. The Kier molecular flexibility index (Phi) is 4.54. The summed E-state index contributed by atoms with van der Waals surface area (Å²) in [6, 6.07) is 0. The van der Waals surface area contributed by atoms with E-state index in [1.807, 2.05) is 0 Å². The Balaban J connectivity index is 1.85. The fourth-order valence-electron chi connectivity index (χ4n) is 2.98. The van der Waals surface area contributed by atoms with Gasteiger partial charge >= 0.3 is 0 Å². The minimum absolute atomic E-state index is 0.152. The molecule has 1 heterocycles. The fraction of sp³-hybridized carbons (Fsp3) is 0.923. The van der Waals surface area contributed by atoms with Crippen LogP contribution in [0.2, 0.25) is 0 Å². The molecule has 0 aromatic heterocycles. The molecule has 17 heavy (non-hydrogen) atoms. The van der Waals surface area contributed by atoms with Gasteiger partial charge in [0, 0.05) is 46.2 Å². The molecule has 1 saturated carbocycles. The normalized spacial score (nSPS) is 35.4. The van der Waals surface area contributed by atoms with Crippen LogP contribution in [0.1, 0.15) is 25.7 Å². The maximum atomic E-state index is 11.8. The van der Waals surface area contributed by atoms with E-state index in [-0.39, 0.29) is 18.1 Å². The molecule has 4 nitrogen and oxygen atoms in total. The zero-order chi connectivity index (χ0) is 12.3. The Labute approximate surface area is 103 Å². The Morgan fingerprint density at radius 3 is 2.35 bits per heavy atom. The Bertz CT molecular complexity index is 257. The summed E-state index contributed by atoms with van der Waals surface area (Å²) in [4.78, 5) is 14.1. The molecule has 3 unspecified atom stereocenters. The Morgan fingerprint density at radius 2 is 1.82 bits per heavy atom. The highest BCUT2D eigenvalue weighted by molar-refractivity contribution is 5.81. The van der Waals surface area contributed by atoms with E-state index in [1.165, 1.54) is 6.42 Å². The lowest BCUT2D eigenvalue weighted by Crippen LogP contribution is -2.34. The summed E-state index contributed by atoms with van der Waals surface area (Å²) in [6.45, 7) is 2.66. The van der Waals surface area contributed by atoms with Crippen molar-refractivity contribution >= 4 is 5.78 Å². The smallest absolute Gasteiger partial charge is 0.137 e. The molecular formula is C13H23NO3. The number of carbonyl (C=O) groups excluding carboxylic acids is 1. The molecule has 1 saturated heterocycles. The molecule has 4 heteroatoms. The van der Waals surface area contributed by atoms with Crippen LogP contribution in [0.3, 0.4) is 0 Å². The van der Waals surface area contributed by atoms with Crippen LogP contribution >= 0.6 is 0 Å². The van der Waals surface area contributed by atoms with E-state index in [1.54, 1.807) is 14.2 Å². The van der Waals surface area contributed by atoms with Crippen LogP contribution in [-0.2, 0) is 14.3 Å². The predicted octanol–water partition coefficient (Wildman–Crippen LogP) is 1.09. The third kappa shape index (κ3) is 3.06. The van der Waals surface area contributed by atoms with Crippen molar-refractivity contribution in [2.45, 2.75) is 37.9 Å². The third-order valence-corrected chi connectivity index (χ3v) is 4.06. The van der Waals surface area contributed by atoms with Crippen LogP contribution in [0.5, 0.6) is 0 Å². The van der Waals surface area contributed by atoms with Crippen molar-refractivity contribution in [3.05, 3.63) is 0 Å². The van der Waals surface area contributed by atoms with E-state index >= 15 is 0 Å². The van der Waals surface area contributed by atoms with Crippen molar-refractivity contribution in [3.63, 3.8) is 0 Å². The van der Waals surface area contributed by atoms with Crippen LogP contribution < -0.4 is 0 Å². The summed E-state index contributed by atoms with van der Waals surface area (Å²) in [7, 11) is 3.46. The monoisotopic (exact) mass is 241 g/mol. The van der Waals surface area contributed by atoms with Gasteiger partial charge in [0.2, 0.25) is 0 Å². The third-order valence-electron chi connectivity index (χ3n) is 4.06. The molecule has 2 aliphatic rings. The molecule has 0 aromatic rings. The van der Waals surface area contributed by atoms with Crippen molar-refractivity contribution in [3.8, 4) is 0 Å². The molecule has 0 amide bonds. The maximum absolute atomic E-state index is 11.8. The molecule has 2 fully saturated rings. The number of methoxy groups -OCH3 is 2. The second-order valence-corrected chi connectivity index (χ2v) is 5.18. The first-order chi connectivity index (χ1) is 8.24. The van der Waals surface area contributed by atoms with E-state index < -0.39 is 0 Å². The number of carbonyl (C=O) groups is 1. The first kappa shape index (κ1) is 13.0. The van der Waals surface area contributed by atoms with E-state index in [0.29, 0.717) is 5.78 Å². The van der Waals surface area contributed by atoms with Crippen LogP contribution in [0.15, 0.2) is 0 Å². The lowest BCUT2D eigenvalue weighted by atomic mass is 9.88. The average molecular weight is 241 g/mol. The highest BCUT2D eigenvalue weighted by atomic mass is 16.5. The van der Waals surface area contributed by atoms with Crippen molar-refractivity contribution in [2.24, 2.45) is 5.92 Å². The zero-order valence-corrected chi connectivity index (χ0v) is 10.9. The van der Waals surface area contributed by atoms with Crippen molar-refractivity contribution < 1.29 is 14.3 Å². The predicted molar refractivity (Wildman–Crippen MR) is 65.0 cm³/mol.